The Labute approximate surface area is 118 Å². The third-order valence-electron chi connectivity index (χ3n) is 4.16. The molecule has 6 nitrogen and oxygen atoms in total. The number of primary amides is 1. The molecule has 1 aromatic heterocycles. The minimum absolute atomic E-state index is 0.0511. The van der Waals surface area contributed by atoms with Crippen LogP contribution in [0.2, 0.25) is 0 Å². The van der Waals surface area contributed by atoms with Gasteiger partial charge in [-0.3, -0.25) is 14.3 Å². The summed E-state index contributed by atoms with van der Waals surface area (Å²) in [4.78, 5) is 25.4. The molecule has 1 aliphatic rings. The van der Waals surface area contributed by atoms with Crippen molar-refractivity contribution in [3.63, 3.8) is 0 Å². The zero-order valence-corrected chi connectivity index (χ0v) is 12.3. The minimum atomic E-state index is -0.309. The van der Waals surface area contributed by atoms with Gasteiger partial charge >= 0.3 is 0 Å². The Kier molecular flexibility index (Phi) is 4.11. The predicted octanol–water partition coefficient (Wildman–Crippen LogP) is 0.303. The zero-order valence-electron chi connectivity index (χ0n) is 12.3. The summed E-state index contributed by atoms with van der Waals surface area (Å²) in [5.74, 6) is -0.463. The first-order valence-electron chi connectivity index (χ1n) is 6.96. The highest BCUT2D eigenvalue weighted by Crippen LogP contribution is 2.19. The van der Waals surface area contributed by atoms with E-state index in [0.29, 0.717) is 19.5 Å². The van der Waals surface area contributed by atoms with Gasteiger partial charge in [-0.15, -0.1) is 0 Å². The Morgan fingerprint density at radius 2 is 2.10 bits per heavy atom. The normalized spacial score (nSPS) is 19.1. The van der Waals surface area contributed by atoms with E-state index in [9.17, 15) is 9.59 Å². The first-order chi connectivity index (χ1) is 9.40. The van der Waals surface area contributed by atoms with Crippen LogP contribution in [0.5, 0.6) is 0 Å². The second-order valence-corrected chi connectivity index (χ2v) is 5.53. The lowest BCUT2D eigenvalue weighted by Gasteiger charge is -2.31. The number of hydrogen-bond acceptors (Lipinski definition) is 3. The molecule has 0 bridgehead atoms. The Morgan fingerprint density at radius 3 is 2.65 bits per heavy atom. The molecular weight excluding hydrogens is 256 g/mol. The van der Waals surface area contributed by atoms with Crippen molar-refractivity contribution in [2.45, 2.75) is 33.1 Å². The molecule has 0 aromatic carbocycles. The summed E-state index contributed by atoms with van der Waals surface area (Å²) in [5.41, 5.74) is 8.23. The van der Waals surface area contributed by atoms with Crippen LogP contribution in [0.15, 0.2) is 0 Å². The molecule has 0 spiro atoms. The smallest absolute Gasteiger partial charge is 0.227 e. The van der Waals surface area contributed by atoms with Gasteiger partial charge in [-0.2, -0.15) is 5.10 Å². The summed E-state index contributed by atoms with van der Waals surface area (Å²) in [6, 6.07) is 0. The molecular formula is C14H22N4O2. The van der Waals surface area contributed by atoms with Gasteiger partial charge in [-0.05, 0) is 26.7 Å². The highest BCUT2D eigenvalue weighted by molar-refractivity contribution is 5.81. The Balaban J connectivity index is 2.06. The fourth-order valence-electron chi connectivity index (χ4n) is 2.77. The summed E-state index contributed by atoms with van der Waals surface area (Å²) in [6.07, 6.45) is 1.96. The largest absolute Gasteiger partial charge is 0.369 e. The van der Waals surface area contributed by atoms with Gasteiger partial charge in [0.25, 0.3) is 0 Å². The number of likely N-dealkylation sites (tertiary alicyclic amines) is 1. The molecule has 110 valence electrons. The van der Waals surface area contributed by atoms with E-state index in [0.717, 1.165) is 29.8 Å². The fraction of sp³-hybridized carbons (Fsp3) is 0.643. The van der Waals surface area contributed by atoms with Gasteiger partial charge in [0.2, 0.25) is 11.8 Å². The lowest BCUT2D eigenvalue weighted by atomic mass is 9.97. The van der Waals surface area contributed by atoms with E-state index in [1.807, 2.05) is 20.9 Å². The summed E-state index contributed by atoms with van der Waals surface area (Å²) >= 11 is 0. The third-order valence-corrected chi connectivity index (χ3v) is 4.16. The number of piperidine rings is 1. The molecule has 2 amide bonds. The van der Waals surface area contributed by atoms with E-state index < -0.39 is 0 Å². The Bertz CT molecular complexity index is 536. The zero-order chi connectivity index (χ0) is 14.9. The van der Waals surface area contributed by atoms with E-state index in [4.69, 9.17) is 5.73 Å². The minimum Gasteiger partial charge on any atom is -0.369 e. The molecule has 2 rings (SSSR count). The molecule has 0 radical (unpaired) electrons. The second kappa shape index (κ2) is 5.64. The van der Waals surface area contributed by atoms with Crippen molar-refractivity contribution in [3.8, 4) is 0 Å². The second-order valence-electron chi connectivity index (χ2n) is 5.53. The van der Waals surface area contributed by atoms with Crippen molar-refractivity contribution in [2.75, 3.05) is 13.1 Å². The Morgan fingerprint density at radius 1 is 1.40 bits per heavy atom. The lowest BCUT2D eigenvalue weighted by Crippen LogP contribution is -2.44. The quantitative estimate of drug-likeness (QED) is 0.863. The molecule has 1 saturated heterocycles. The lowest BCUT2D eigenvalue weighted by molar-refractivity contribution is -0.134. The topological polar surface area (TPSA) is 81.2 Å². The van der Waals surface area contributed by atoms with Crippen molar-refractivity contribution in [1.29, 1.82) is 0 Å². The maximum Gasteiger partial charge on any atom is 0.227 e. The van der Waals surface area contributed by atoms with Crippen LogP contribution in [0.4, 0.5) is 0 Å². The number of nitrogens with zero attached hydrogens (tertiary/aromatic N) is 3. The van der Waals surface area contributed by atoms with Gasteiger partial charge in [-0.25, -0.2) is 0 Å². The first-order valence-corrected chi connectivity index (χ1v) is 6.96. The maximum absolute atomic E-state index is 12.4. The molecule has 2 N–H and O–H groups in total. The average molecular weight is 278 g/mol. The van der Waals surface area contributed by atoms with Crippen molar-refractivity contribution in [2.24, 2.45) is 18.7 Å². The maximum atomic E-state index is 12.4. The fourth-order valence-corrected chi connectivity index (χ4v) is 2.77. The molecule has 1 fully saturated rings. The molecule has 0 aliphatic carbocycles. The SMILES string of the molecule is Cc1nn(C)c(C)c1CC(=O)N1CCCC(C(N)=O)C1. The van der Waals surface area contributed by atoms with E-state index in [-0.39, 0.29) is 17.7 Å². The Hall–Kier alpha value is -1.85. The van der Waals surface area contributed by atoms with Crippen LogP contribution in [-0.4, -0.2) is 39.6 Å². The highest BCUT2D eigenvalue weighted by atomic mass is 16.2. The number of rotatable bonds is 3. The molecule has 1 atom stereocenters. The van der Waals surface area contributed by atoms with Gasteiger partial charge in [0.15, 0.2) is 0 Å². The molecule has 1 unspecified atom stereocenters. The van der Waals surface area contributed by atoms with Gasteiger partial charge < -0.3 is 10.6 Å². The van der Waals surface area contributed by atoms with Crippen LogP contribution in [0, 0.1) is 19.8 Å². The number of hydrogen-bond donors (Lipinski definition) is 1. The average Bonchev–Trinajstić information content (AvgIpc) is 2.65. The first kappa shape index (κ1) is 14.6. The summed E-state index contributed by atoms with van der Waals surface area (Å²) in [7, 11) is 1.88. The van der Waals surface area contributed by atoms with Crippen molar-refractivity contribution < 1.29 is 9.59 Å². The van der Waals surface area contributed by atoms with E-state index in [1.165, 1.54) is 0 Å². The van der Waals surface area contributed by atoms with Crippen LogP contribution < -0.4 is 5.73 Å². The van der Waals surface area contributed by atoms with Crippen LogP contribution in [0.3, 0.4) is 0 Å². The van der Waals surface area contributed by atoms with E-state index >= 15 is 0 Å². The monoisotopic (exact) mass is 278 g/mol. The number of nitrogens with two attached hydrogens (primary N) is 1. The summed E-state index contributed by atoms with van der Waals surface area (Å²) in [6.45, 7) is 5.04. The number of carbonyl (C=O) groups is 2. The van der Waals surface area contributed by atoms with E-state index in [1.54, 1.807) is 9.58 Å². The molecule has 1 aromatic rings. The molecule has 6 heteroatoms. The van der Waals surface area contributed by atoms with E-state index in [2.05, 4.69) is 5.10 Å². The summed E-state index contributed by atoms with van der Waals surface area (Å²) in [5, 5.41) is 4.32. The van der Waals surface area contributed by atoms with Crippen molar-refractivity contribution >= 4 is 11.8 Å². The predicted molar refractivity (Wildman–Crippen MR) is 74.9 cm³/mol. The van der Waals surface area contributed by atoms with Gasteiger partial charge in [-0.1, -0.05) is 0 Å². The van der Waals surface area contributed by atoms with Crippen molar-refractivity contribution in [3.05, 3.63) is 17.0 Å². The molecule has 0 saturated carbocycles. The van der Waals surface area contributed by atoms with Crippen LogP contribution in [0.25, 0.3) is 0 Å². The number of carbonyl (C=O) groups excluding carboxylic acids is 2. The van der Waals surface area contributed by atoms with Gasteiger partial charge in [0, 0.05) is 31.4 Å². The number of aromatic nitrogens is 2. The number of amides is 2. The van der Waals surface area contributed by atoms with Crippen LogP contribution >= 0.6 is 0 Å². The molecule has 1 aliphatic heterocycles. The third kappa shape index (κ3) is 2.84. The van der Waals surface area contributed by atoms with Crippen LogP contribution in [0.1, 0.15) is 29.8 Å². The summed E-state index contributed by atoms with van der Waals surface area (Å²) < 4.78 is 1.79. The van der Waals surface area contributed by atoms with Gasteiger partial charge in [0.1, 0.15) is 0 Å². The number of aryl methyl sites for hydroxylation is 2. The van der Waals surface area contributed by atoms with Crippen LogP contribution in [-0.2, 0) is 23.1 Å². The molecule has 2 heterocycles. The highest BCUT2D eigenvalue weighted by Gasteiger charge is 2.27. The molecule has 20 heavy (non-hydrogen) atoms. The van der Waals surface area contributed by atoms with Crippen molar-refractivity contribution in [1.82, 2.24) is 14.7 Å². The standard InChI is InChI=1S/C14H22N4O2/c1-9-12(10(2)17(3)16-9)7-13(19)18-6-4-5-11(8-18)14(15)20/h11H,4-8H2,1-3H3,(H2,15,20). The van der Waals surface area contributed by atoms with Gasteiger partial charge in [0.05, 0.1) is 18.0 Å².